The lowest BCUT2D eigenvalue weighted by atomic mass is 9.98. The van der Waals surface area contributed by atoms with Gasteiger partial charge in [0.1, 0.15) is 12.4 Å². The molecule has 1 aromatic heterocycles. The summed E-state index contributed by atoms with van der Waals surface area (Å²) in [4.78, 5) is 15.7. The third-order valence-corrected chi connectivity index (χ3v) is 5.52. The van der Waals surface area contributed by atoms with Crippen LogP contribution >= 0.6 is 0 Å². The van der Waals surface area contributed by atoms with Gasteiger partial charge in [0.2, 0.25) is 0 Å². The van der Waals surface area contributed by atoms with Gasteiger partial charge in [0.25, 0.3) is 0 Å². The molecule has 7 heteroatoms. The van der Waals surface area contributed by atoms with Crippen LogP contribution in [0.15, 0.2) is 79.1 Å². The zero-order valence-electron chi connectivity index (χ0n) is 18.4. The van der Waals surface area contributed by atoms with Crippen LogP contribution in [-0.4, -0.2) is 18.1 Å². The number of methoxy groups -OCH3 is 1. The summed E-state index contributed by atoms with van der Waals surface area (Å²) < 4.78 is 49.3. The van der Waals surface area contributed by atoms with Gasteiger partial charge in [0, 0.05) is 29.8 Å². The number of benzene rings is 3. The molecule has 0 atom stereocenters. The van der Waals surface area contributed by atoms with Crippen LogP contribution in [0.1, 0.15) is 23.1 Å². The van der Waals surface area contributed by atoms with E-state index in [-0.39, 0.29) is 19.0 Å². The van der Waals surface area contributed by atoms with Crippen LogP contribution in [0.2, 0.25) is 0 Å². The Kier molecular flexibility index (Phi) is 6.82. The van der Waals surface area contributed by atoms with Gasteiger partial charge >= 0.3 is 12.1 Å². The van der Waals surface area contributed by atoms with E-state index in [1.54, 1.807) is 12.4 Å². The minimum Gasteiger partial charge on any atom is -0.488 e. The highest BCUT2D eigenvalue weighted by molar-refractivity contribution is 5.87. The van der Waals surface area contributed by atoms with E-state index in [9.17, 15) is 18.0 Å². The van der Waals surface area contributed by atoms with Crippen LogP contribution in [-0.2, 0) is 28.7 Å². The topological polar surface area (TPSA) is 48.4 Å². The van der Waals surface area contributed by atoms with Gasteiger partial charge in [-0.05, 0) is 64.9 Å². The van der Waals surface area contributed by atoms with Gasteiger partial charge in [-0.15, -0.1) is 0 Å². The molecule has 0 N–H and O–H groups in total. The third kappa shape index (κ3) is 5.54. The standard InChI is InChI=1S/C27H22F3NO3/c1-33-26(32)11-5-18-4-10-25(34-17-19-2-8-23(9-3-19)27(28,29)30)24(14-18)21-6-7-22-16-31-13-12-20(22)15-21/h2-4,6-10,12-16H,5,11,17H2,1H3. The van der Waals surface area contributed by atoms with Crippen molar-refractivity contribution >= 4 is 16.7 Å². The van der Waals surface area contributed by atoms with Crippen molar-refractivity contribution in [2.75, 3.05) is 7.11 Å². The normalized spacial score (nSPS) is 11.4. The number of rotatable bonds is 7. The number of carbonyl (C=O) groups is 1. The first-order valence-corrected chi connectivity index (χ1v) is 10.7. The summed E-state index contributed by atoms with van der Waals surface area (Å²) >= 11 is 0. The average molecular weight is 465 g/mol. The van der Waals surface area contributed by atoms with E-state index in [4.69, 9.17) is 9.47 Å². The predicted molar refractivity (Wildman–Crippen MR) is 123 cm³/mol. The van der Waals surface area contributed by atoms with E-state index < -0.39 is 11.7 Å². The number of ether oxygens (including phenoxy) is 2. The van der Waals surface area contributed by atoms with Crippen molar-refractivity contribution in [3.63, 3.8) is 0 Å². The maximum Gasteiger partial charge on any atom is 0.416 e. The fraction of sp³-hybridized carbons (Fsp3) is 0.185. The third-order valence-electron chi connectivity index (χ3n) is 5.52. The van der Waals surface area contributed by atoms with E-state index in [1.165, 1.54) is 19.2 Å². The Morgan fingerprint density at radius 3 is 2.41 bits per heavy atom. The number of fused-ring (bicyclic) bond motifs is 1. The van der Waals surface area contributed by atoms with E-state index in [0.29, 0.717) is 17.7 Å². The molecule has 3 aromatic carbocycles. The molecular formula is C27H22F3NO3. The maximum atomic E-state index is 12.8. The molecule has 0 saturated heterocycles. The van der Waals surface area contributed by atoms with Gasteiger partial charge < -0.3 is 9.47 Å². The van der Waals surface area contributed by atoms with Crippen LogP contribution in [0.4, 0.5) is 13.2 Å². The number of aryl methyl sites for hydroxylation is 1. The number of alkyl halides is 3. The Bertz CT molecular complexity index is 1300. The molecule has 0 aliphatic carbocycles. The van der Waals surface area contributed by atoms with Crippen LogP contribution in [0.3, 0.4) is 0 Å². The first-order valence-electron chi connectivity index (χ1n) is 10.7. The van der Waals surface area contributed by atoms with E-state index in [0.717, 1.165) is 39.6 Å². The monoisotopic (exact) mass is 465 g/mol. The van der Waals surface area contributed by atoms with Crippen molar-refractivity contribution < 1.29 is 27.4 Å². The Hall–Kier alpha value is -3.87. The quantitative estimate of drug-likeness (QED) is 0.288. The smallest absolute Gasteiger partial charge is 0.416 e. The number of halogens is 3. The molecule has 1 heterocycles. The number of pyridine rings is 1. The van der Waals surface area contributed by atoms with Crippen LogP contribution in [0, 0.1) is 0 Å². The van der Waals surface area contributed by atoms with Gasteiger partial charge in [-0.3, -0.25) is 9.78 Å². The second-order valence-electron chi connectivity index (χ2n) is 7.83. The first-order chi connectivity index (χ1) is 16.3. The molecule has 0 fully saturated rings. The highest BCUT2D eigenvalue weighted by Gasteiger charge is 2.29. The molecule has 0 aliphatic rings. The molecule has 0 bridgehead atoms. The van der Waals surface area contributed by atoms with Crippen molar-refractivity contribution in [3.05, 3.63) is 95.8 Å². The molecule has 0 radical (unpaired) electrons. The summed E-state index contributed by atoms with van der Waals surface area (Å²) in [5, 5.41) is 2.02. The van der Waals surface area contributed by atoms with E-state index in [1.807, 2.05) is 42.5 Å². The Morgan fingerprint density at radius 2 is 1.68 bits per heavy atom. The molecule has 0 amide bonds. The second-order valence-corrected chi connectivity index (χ2v) is 7.83. The second kappa shape index (κ2) is 9.95. The number of nitrogens with zero attached hydrogens (tertiary/aromatic N) is 1. The molecule has 0 saturated carbocycles. The van der Waals surface area contributed by atoms with Crippen molar-refractivity contribution in [2.45, 2.75) is 25.6 Å². The number of aromatic nitrogens is 1. The zero-order valence-corrected chi connectivity index (χ0v) is 18.4. The lowest BCUT2D eigenvalue weighted by Gasteiger charge is -2.15. The highest BCUT2D eigenvalue weighted by atomic mass is 19.4. The van der Waals surface area contributed by atoms with Gasteiger partial charge in [0.05, 0.1) is 12.7 Å². The largest absolute Gasteiger partial charge is 0.488 e. The van der Waals surface area contributed by atoms with Gasteiger partial charge in [-0.1, -0.05) is 30.3 Å². The summed E-state index contributed by atoms with van der Waals surface area (Å²) in [5.74, 6) is 0.303. The fourth-order valence-corrected chi connectivity index (χ4v) is 3.63. The molecule has 0 spiro atoms. The van der Waals surface area contributed by atoms with E-state index >= 15 is 0 Å². The average Bonchev–Trinajstić information content (AvgIpc) is 2.85. The highest BCUT2D eigenvalue weighted by Crippen LogP contribution is 2.34. The zero-order chi connectivity index (χ0) is 24.1. The summed E-state index contributed by atoms with van der Waals surface area (Å²) in [6.45, 7) is 0.115. The van der Waals surface area contributed by atoms with Crippen molar-refractivity contribution in [1.82, 2.24) is 4.98 Å². The first kappa shape index (κ1) is 23.3. The number of hydrogen-bond donors (Lipinski definition) is 0. The fourth-order valence-electron chi connectivity index (χ4n) is 3.63. The van der Waals surface area contributed by atoms with Crippen molar-refractivity contribution in [2.24, 2.45) is 0 Å². The lowest BCUT2D eigenvalue weighted by molar-refractivity contribution is -0.140. The predicted octanol–water partition coefficient (Wildman–Crippen LogP) is 6.61. The molecular weight excluding hydrogens is 443 g/mol. The minimum absolute atomic E-state index is 0.115. The molecule has 4 aromatic rings. The summed E-state index contributed by atoms with van der Waals surface area (Å²) in [7, 11) is 1.36. The molecule has 174 valence electrons. The number of carbonyl (C=O) groups excluding carboxylic acids is 1. The summed E-state index contributed by atoms with van der Waals surface area (Å²) in [6, 6.07) is 18.5. The van der Waals surface area contributed by atoms with Crippen LogP contribution in [0.5, 0.6) is 5.75 Å². The molecule has 4 nitrogen and oxygen atoms in total. The van der Waals surface area contributed by atoms with Crippen LogP contribution in [0.25, 0.3) is 21.9 Å². The van der Waals surface area contributed by atoms with Gasteiger partial charge in [-0.25, -0.2) is 0 Å². The Morgan fingerprint density at radius 1 is 0.912 bits per heavy atom. The van der Waals surface area contributed by atoms with Crippen molar-refractivity contribution in [3.8, 4) is 16.9 Å². The number of esters is 1. The lowest BCUT2D eigenvalue weighted by Crippen LogP contribution is -2.05. The molecule has 0 aliphatic heterocycles. The minimum atomic E-state index is -4.38. The molecule has 0 unspecified atom stereocenters. The Labute approximate surface area is 195 Å². The molecule has 4 rings (SSSR count). The summed E-state index contributed by atoms with van der Waals surface area (Å²) in [5.41, 5.74) is 2.61. The molecule has 34 heavy (non-hydrogen) atoms. The van der Waals surface area contributed by atoms with E-state index in [2.05, 4.69) is 4.98 Å². The van der Waals surface area contributed by atoms with Gasteiger partial charge in [0.15, 0.2) is 0 Å². The van der Waals surface area contributed by atoms with Crippen molar-refractivity contribution in [1.29, 1.82) is 0 Å². The summed E-state index contributed by atoms with van der Waals surface area (Å²) in [6.07, 6.45) is -0.103. The van der Waals surface area contributed by atoms with Gasteiger partial charge in [-0.2, -0.15) is 13.2 Å². The Balaban J connectivity index is 1.63. The SMILES string of the molecule is COC(=O)CCc1ccc(OCc2ccc(C(F)(F)F)cc2)c(-c2ccc3cnccc3c2)c1. The van der Waals surface area contributed by atoms with Crippen LogP contribution < -0.4 is 4.74 Å². The number of hydrogen-bond acceptors (Lipinski definition) is 4. The maximum absolute atomic E-state index is 12.8.